The van der Waals surface area contributed by atoms with E-state index in [-0.39, 0.29) is 59.8 Å². The van der Waals surface area contributed by atoms with Gasteiger partial charge in [-0.25, -0.2) is 0 Å². The van der Waals surface area contributed by atoms with Crippen LogP contribution in [0.4, 0.5) is 13.2 Å². The molecule has 0 bridgehead atoms. The number of hydrogen-bond acceptors (Lipinski definition) is 10. The number of nitrogens with zero attached hydrogens (tertiary/aromatic N) is 3. The van der Waals surface area contributed by atoms with Gasteiger partial charge in [0.1, 0.15) is 18.0 Å². The van der Waals surface area contributed by atoms with Crippen LogP contribution in [-0.4, -0.2) is 60.7 Å². The number of ether oxygens (including phenoxy) is 6. The third-order valence-electron chi connectivity index (χ3n) is 6.33. The van der Waals surface area contributed by atoms with E-state index in [9.17, 15) is 22.8 Å². The molecule has 0 radical (unpaired) electrons. The molecular formula is C28H29ClF3N3O8. The molecule has 1 aliphatic rings. The Morgan fingerprint density at radius 2 is 1.81 bits per heavy atom. The maximum Gasteiger partial charge on any atom is 0.452 e. The molecule has 15 heteroatoms. The van der Waals surface area contributed by atoms with Crippen LogP contribution in [0, 0.1) is 0 Å². The van der Waals surface area contributed by atoms with Crippen LogP contribution in [0.1, 0.15) is 61.7 Å². The Morgan fingerprint density at radius 3 is 2.47 bits per heavy atom. The van der Waals surface area contributed by atoms with Crippen molar-refractivity contribution in [3.05, 3.63) is 58.1 Å². The molecule has 0 N–H and O–H groups in total. The van der Waals surface area contributed by atoms with Crippen LogP contribution in [0.3, 0.4) is 0 Å². The number of alkyl halides is 3. The van der Waals surface area contributed by atoms with Crippen molar-refractivity contribution in [2.75, 3.05) is 34.0 Å². The van der Waals surface area contributed by atoms with E-state index in [0.29, 0.717) is 11.3 Å². The molecule has 2 heterocycles. The fourth-order valence-corrected chi connectivity index (χ4v) is 4.89. The highest BCUT2D eigenvalue weighted by atomic mass is 35.5. The number of hydrogen-bond donors (Lipinski definition) is 0. The van der Waals surface area contributed by atoms with Gasteiger partial charge < -0.3 is 28.4 Å². The standard InChI is InChI=1S/C28H29ClF3N3O8/c1-5-40-22(37)14-21-26-33-34-27(28(30,31)32)35(26)23-18(12-16(29)13-20(23)42-11-7-10-41-15(2)36)24(43-21)17-8-6-9-19(38-3)25(17)39-4/h6,8-9,12-13,21,24H,5,7,10-11,14H2,1-4H3. The van der Waals surface area contributed by atoms with Crippen LogP contribution >= 0.6 is 11.6 Å². The first-order valence-electron chi connectivity index (χ1n) is 13.1. The molecule has 0 aliphatic carbocycles. The summed E-state index contributed by atoms with van der Waals surface area (Å²) in [5, 5.41) is 7.38. The zero-order valence-corrected chi connectivity index (χ0v) is 24.5. The Labute approximate surface area is 249 Å². The summed E-state index contributed by atoms with van der Waals surface area (Å²) < 4.78 is 77.4. The van der Waals surface area contributed by atoms with Gasteiger partial charge in [-0.05, 0) is 19.1 Å². The van der Waals surface area contributed by atoms with Gasteiger partial charge in [0, 0.05) is 35.6 Å². The van der Waals surface area contributed by atoms with Crippen LogP contribution in [-0.2, 0) is 30.0 Å². The van der Waals surface area contributed by atoms with Gasteiger partial charge in [-0.15, -0.1) is 10.2 Å². The SMILES string of the molecule is CCOC(=O)CC1OC(c2cccc(OC)c2OC)c2cc(Cl)cc(OCCCOC(C)=O)c2-n2c1nnc2C(F)(F)F. The molecule has 2 atom stereocenters. The Bertz CT molecular complexity index is 1480. The zero-order chi connectivity index (χ0) is 31.3. The molecule has 0 saturated carbocycles. The maximum absolute atomic E-state index is 14.4. The smallest absolute Gasteiger partial charge is 0.452 e. The minimum Gasteiger partial charge on any atom is -0.493 e. The molecule has 1 aromatic heterocycles. The molecule has 232 valence electrons. The van der Waals surface area contributed by atoms with Crippen molar-refractivity contribution in [2.24, 2.45) is 0 Å². The molecule has 11 nitrogen and oxygen atoms in total. The molecule has 0 fully saturated rings. The zero-order valence-electron chi connectivity index (χ0n) is 23.7. The summed E-state index contributed by atoms with van der Waals surface area (Å²) in [6.07, 6.45) is -7.73. The fraction of sp³-hybridized carbons (Fsp3) is 0.429. The van der Waals surface area contributed by atoms with Crippen molar-refractivity contribution in [2.45, 2.75) is 45.1 Å². The number of rotatable bonds is 11. The normalized spacial score (nSPS) is 16.0. The Kier molecular flexibility index (Phi) is 10.0. The van der Waals surface area contributed by atoms with E-state index in [4.69, 9.17) is 40.0 Å². The number of carbonyl (C=O) groups is 2. The quantitative estimate of drug-likeness (QED) is 0.202. The summed E-state index contributed by atoms with van der Waals surface area (Å²) in [7, 11) is 2.84. The Morgan fingerprint density at radius 1 is 1.05 bits per heavy atom. The lowest BCUT2D eigenvalue weighted by molar-refractivity contribution is -0.147. The molecule has 0 spiro atoms. The van der Waals surface area contributed by atoms with Crippen molar-refractivity contribution in [1.29, 1.82) is 0 Å². The molecule has 2 unspecified atom stereocenters. The van der Waals surface area contributed by atoms with Gasteiger partial charge >= 0.3 is 18.1 Å². The van der Waals surface area contributed by atoms with E-state index in [1.165, 1.54) is 33.3 Å². The summed E-state index contributed by atoms with van der Waals surface area (Å²) in [6, 6.07) is 7.73. The number of aromatic nitrogens is 3. The highest BCUT2D eigenvalue weighted by Crippen LogP contribution is 2.49. The van der Waals surface area contributed by atoms with Crippen LogP contribution < -0.4 is 14.2 Å². The summed E-state index contributed by atoms with van der Waals surface area (Å²) >= 11 is 6.50. The molecular weight excluding hydrogens is 599 g/mol. The summed E-state index contributed by atoms with van der Waals surface area (Å²) in [5.41, 5.74) is 0.407. The number of esters is 2. The minimum atomic E-state index is -4.96. The second kappa shape index (κ2) is 13.5. The Balaban J connectivity index is 1.98. The lowest BCUT2D eigenvalue weighted by Crippen LogP contribution is -2.19. The highest BCUT2D eigenvalue weighted by Gasteiger charge is 2.45. The van der Waals surface area contributed by atoms with Gasteiger partial charge in [0.2, 0.25) is 5.82 Å². The van der Waals surface area contributed by atoms with Gasteiger partial charge in [0.15, 0.2) is 17.3 Å². The largest absolute Gasteiger partial charge is 0.493 e. The van der Waals surface area contributed by atoms with Crippen molar-refractivity contribution in [1.82, 2.24) is 14.8 Å². The van der Waals surface area contributed by atoms with Crippen LogP contribution in [0.5, 0.6) is 17.2 Å². The van der Waals surface area contributed by atoms with Crippen molar-refractivity contribution >= 4 is 23.5 Å². The Hall–Kier alpha value is -4.04. The number of fused-ring (bicyclic) bond motifs is 3. The second-order valence-corrected chi connectivity index (χ2v) is 9.63. The van der Waals surface area contributed by atoms with Gasteiger partial charge in [-0.3, -0.25) is 14.2 Å². The third kappa shape index (κ3) is 6.96. The van der Waals surface area contributed by atoms with Gasteiger partial charge in [0.25, 0.3) is 0 Å². The van der Waals surface area contributed by atoms with Crippen LogP contribution in [0.15, 0.2) is 30.3 Å². The average Bonchev–Trinajstić information content (AvgIpc) is 3.35. The molecule has 3 aromatic rings. The lowest BCUT2D eigenvalue weighted by atomic mass is 9.97. The molecule has 43 heavy (non-hydrogen) atoms. The van der Waals surface area contributed by atoms with E-state index in [1.54, 1.807) is 25.1 Å². The average molecular weight is 628 g/mol. The fourth-order valence-electron chi connectivity index (χ4n) is 4.68. The van der Waals surface area contributed by atoms with Gasteiger partial charge in [0.05, 0.1) is 46.1 Å². The lowest BCUT2D eigenvalue weighted by Gasteiger charge is -2.25. The molecule has 1 aliphatic heterocycles. The molecule has 2 aromatic carbocycles. The van der Waals surface area contributed by atoms with Gasteiger partial charge in [-0.1, -0.05) is 23.7 Å². The molecule has 4 rings (SSSR count). The van der Waals surface area contributed by atoms with E-state index in [0.717, 1.165) is 4.57 Å². The minimum absolute atomic E-state index is 0.0259. The number of para-hydroxylation sites is 1. The monoisotopic (exact) mass is 627 g/mol. The van der Waals surface area contributed by atoms with Crippen molar-refractivity contribution in [3.8, 4) is 22.9 Å². The second-order valence-electron chi connectivity index (χ2n) is 9.20. The summed E-state index contributed by atoms with van der Waals surface area (Å²) in [5.74, 6) is -2.36. The first-order chi connectivity index (χ1) is 20.5. The molecule has 0 saturated heterocycles. The maximum atomic E-state index is 14.4. The van der Waals surface area contributed by atoms with E-state index in [2.05, 4.69) is 10.2 Å². The van der Waals surface area contributed by atoms with E-state index in [1.807, 2.05) is 0 Å². The highest BCUT2D eigenvalue weighted by molar-refractivity contribution is 6.30. The number of methoxy groups -OCH3 is 2. The first kappa shape index (κ1) is 31.9. The summed E-state index contributed by atoms with van der Waals surface area (Å²) in [4.78, 5) is 23.8. The topological polar surface area (TPSA) is 120 Å². The van der Waals surface area contributed by atoms with Crippen LogP contribution in [0.2, 0.25) is 5.02 Å². The van der Waals surface area contributed by atoms with Gasteiger partial charge in [-0.2, -0.15) is 13.2 Å². The first-order valence-corrected chi connectivity index (χ1v) is 13.5. The molecule has 0 amide bonds. The van der Waals surface area contributed by atoms with E-state index >= 15 is 0 Å². The predicted octanol–water partition coefficient (Wildman–Crippen LogP) is 5.40. The summed E-state index contributed by atoms with van der Waals surface area (Å²) in [6.45, 7) is 2.88. The van der Waals surface area contributed by atoms with Crippen LogP contribution in [0.25, 0.3) is 5.69 Å². The number of benzene rings is 2. The van der Waals surface area contributed by atoms with E-state index < -0.39 is 42.6 Å². The van der Waals surface area contributed by atoms with Crippen molar-refractivity contribution < 1.29 is 51.2 Å². The number of halogens is 4. The predicted molar refractivity (Wildman–Crippen MR) is 145 cm³/mol. The third-order valence-corrected chi connectivity index (χ3v) is 6.55. The number of carbonyl (C=O) groups excluding carboxylic acids is 2. The van der Waals surface area contributed by atoms with Crippen molar-refractivity contribution in [3.63, 3.8) is 0 Å².